The van der Waals surface area contributed by atoms with Crippen molar-refractivity contribution in [3.8, 4) is 0 Å². The molecule has 2 rings (SSSR count). The molecule has 0 bridgehead atoms. The van der Waals surface area contributed by atoms with Crippen LogP contribution in [0.3, 0.4) is 0 Å². The number of aryl methyl sites for hydroxylation is 2. The lowest BCUT2D eigenvalue weighted by Crippen LogP contribution is -2.11. The van der Waals surface area contributed by atoms with Gasteiger partial charge >= 0.3 is 0 Å². The molecule has 0 spiro atoms. The van der Waals surface area contributed by atoms with Gasteiger partial charge < -0.3 is 5.11 Å². The number of aromatic nitrogens is 2. The van der Waals surface area contributed by atoms with E-state index in [2.05, 4.69) is 5.10 Å². The minimum absolute atomic E-state index is 0.318. The molecule has 1 heterocycles. The van der Waals surface area contributed by atoms with Gasteiger partial charge in [0.1, 0.15) is 11.9 Å². The van der Waals surface area contributed by atoms with Crippen molar-refractivity contribution in [2.24, 2.45) is 0 Å². The zero-order chi connectivity index (χ0) is 14.0. The molecule has 0 radical (unpaired) electrons. The number of aliphatic hydroxyl groups is 1. The van der Waals surface area contributed by atoms with Crippen molar-refractivity contribution >= 4 is 11.6 Å². The average molecular weight is 283 g/mol. The second-order valence-electron chi connectivity index (χ2n) is 4.50. The Labute approximate surface area is 116 Å². The highest BCUT2D eigenvalue weighted by molar-refractivity contribution is 6.31. The molecule has 5 heteroatoms. The van der Waals surface area contributed by atoms with E-state index in [9.17, 15) is 9.50 Å². The fourth-order valence-corrected chi connectivity index (χ4v) is 2.37. The summed E-state index contributed by atoms with van der Waals surface area (Å²) >= 11 is 6.09. The van der Waals surface area contributed by atoms with Crippen molar-refractivity contribution in [3.05, 3.63) is 52.1 Å². The Balaban J connectivity index is 2.43. The standard InChI is InChI=1S/C14H16ClFN2O/c1-3-6-18-13(12(15)8-17-18)14(19)11-5-4-10(16)7-9(11)2/h4-5,7-8,14,19H,3,6H2,1-2H3. The van der Waals surface area contributed by atoms with Crippen molar-refractivity contribution < 1.29 is 9.50 Å². The normalized spacial score (nSPS) is 12.7. The lowest BCUT2D eigenvalue weighted by atomic mass is 10.0. The SMILES string of the molecule is CCCn1ncc(Cl)c1C(O)c1ccc(F)cc1C. The Morgan fingerprint density at radius 3 is 2.84 bits per heavy atom. The summed E-state index contributed by atoms with van der Waals surface area (Å²) in [5, 5.41) is 15.0. The summed E-state index contributed by atoms with van der Waals surface area (Å²) in [7, 11) is 0. The molecule has 19 heavy (non-hydrogen) atoms. The number of nitrogens with zero attached hydrogens (tertiary/aromatic N) is 2. The van der Waals surface area contributed by atoms with Crippen LogP contribution in [0.5, 0.6) is 0 Å². The van der Waals surface area contributed by atoms with Crippen LogP contribution in [0.25, 0.3) is 0 Å². The first-order valence-corrected chi connectivity index (χ1v) is 6.57. The number of aliphatic hydroxyl groups excluding tert-OH is 1. The van der Waals surface area contributed by atoms with E-state index in [1.165, 1.54) is 18.3 Å². The van der Waals surface area contributed by atoms with Gasteiger partial charge in [-0.25, -0.2) is 4.39 Å². The van der Waals surface area contributed by atoms with Gasteiger partial charge in [-0.2, -0.15) is 5.10 Å². The number of benzene rings is 1. The molecule has 1 aromatic carbocycles. The van der Waals surface area contributed by atoms with E-state index in [-0.39, 0.29) is 5.82 Å². The molecule has 1 aromatic heterocycles. The van der Waals surface area contributed by atoms with Crippen LogP contribution in [0.1, 0.15) is 36.3 Å². The molecule has 0 aliphatic rings. The maximum Gasteiger partial charge on any atom is 0.123 e. The maximum absolute atomic E-state index is 13.1. The molecule has 1 unspecified atom stereocenters. The predicted octanol–water partition coefficient (Wildman–Crippen LogP) is 3.48. The summed E-state index contributed by atoms with van der Waals surface area (Å²) in [4.78, 5) is 0. The van der Waals surface area contributed by atoms with Crippen LogP contribution >= 0.6 is 11.6 Å². The van der Waals surface area contributed by atoms with Gasteiger partial charge in [-0.3, -0.25) is 4.68 Å². The molecule has 0 saturated heterocycles. The first-order valence-electron chi connectivity index (χ1n) is 6.20. The van der Waals surface area contributed by atoms with E-state index < -0.39 is 6.10 Å². The number of halogens is 2. The van der Waals surface area contributed by atoms with Crippen LogP contribution in [0, 0.1) is 12.7 Å². The summed E-state index contributed by atoms with van der Waals surface area (Å²) in [6.45, 7) is 4.46. The van der Waals surface area contributed by atoms with E-state index in [1.807, 2.05) is 6.92 Å². The lowest BCUT2D eigenvalue weighted by Gasteiger charge is -2.16. The molecule has 0 aliphatic carbocycles. The first kappa shape index (κ1) is 14.0. The first-order chi connectivity index (χ1) is 9.04. The quantitative estimate of drug-likeness (QED) is 0.932. The van der Waals surface area contributed by atoms with Crippen LogP contribution in [0.4, 0.5) is 4.39 Å². The number of hydrogen-bond acceptors (Lipinski definition) is 2. The second kappa shape index (κ2) is 5.72. The van der Waals surface area contributed by atoms with E-state index in [0.717, 1.165) is 6.42 Å². The van der Waals surface area contributed by atoms with Crippen molar-refractivity contribution in [1.82, 2.24) is 9.78 Å². The molecule has 0 amide bonds. The zero-order valence-corrected chi connectivity index (χ0v) is 11.7. The van der Waals surface area contributed by atoms with Crippen LogP contribution in [-0.2, 0) is 6.54 Å². The van der Waals surface area contributed by atoms with Gasteiger partial charge in [0.25, 0.3) is 0 Å². The van der Waals surface area contributed by atoms with Crippen molar-refractivity contribution in [2.45, 2.75) is 32.9 Å². The number of rotatable bonds is 4. The minimum atomic E-state index is -0.901. The van der Waals surface area contributed by atoms with Crippen LogP contribution in [0.2, 0.25) is 5.02 Å². The fourth-order valence-electron chi connectivity index (χ4n) is 2.13. The van der Waals surface area contributed by atoms with E-state index >= 15 is 0 Å². The largest absolute Gasteiger partial charge is 0.382 e. The highest BCUT2D eigenvalue weighted by atomic mass is 35.5. The van der Waals surface area contributed by atoms with Gasteiger partial charge in [0.05, 0.1) is 16.9 Å². The zero-order valence-electron chi connectivity index (χ0n) is 10.9. The Morgan fingerprint density at radius 2 is 2.21 bits per heavy atom. The summed E-state index contributed by atoms with van der Waals surface area (Å²) in [5.41, 5.74) is 1.88. The van der Waals surface area contributed by atoms with Crippen LogP contribution < -0.4 is 0 Å². The second-order valence-corrected chi connectivity index (χ2v) is 4.91. The van der Waals surface area contributed by atoms with Gasteiger partial charge in [-0.1, -0.05) is 24.6 Å². The fraction of sp³-hybridized carbons (Fsp3) is 0.357. The van der Waals surface area contributed by atoms with E-state index in [1.54, 1.807) is 17.7 Å². The smallest absolute Gasteiger partial charge is 0.123 e. The van der Waals surface area contributed by atoms with E-state index in [0.29, 0.717) is 28.4 Å². The van der Waals surface area contributed by atoms with Crippen LogP contribution in [-0.4, -0.2) is 14.9 Å². The highest BCUT2D eigenvalue weighted by Gasteiger charge is 2.21. The molecular formula is C14H16ClFN2O. The molecule has 2 aromatic rings. The van der Waals surface area contributed by atoms with Gasteiger partial charge in [0, 0.05) is 6.54 Å². The third-order valence-electron chi connectivity index (χ3n) is 3.05. The minimum Gasteiger partial charge on any atom is -0.382 e. The lowest BCUT2D eigenvalue weighted by molar-refractivity contribution is 0.206. The molecule has 1 N–H and O–H groups in total. The Bertz CT molecular complexity index is 583. The van der Waals surface area contributed by atoms with Crippen molar-refractivity contribution in [3.63, 3.8) is 0 Å². The molecular weight excluding hydrogens is 267 g/mol. The Kier molecular flexibility index (Phi) is 4.22. The maximum atomic E-state index is 13.1. The van der Waals surface area contributed by atoms with Crippen molar-refractivity contribution in [1.29, 1.82) is 0 Å². The topological polar surface area (TPSA) is 38.0 Å². The molecule has 0 aliphatic heterocycles. The van der Waals surface area contributed by atoms with Crippen LogP contribution in [0.15, 0.2) is 24.4 Å². The summed E-state index contributed by atoms with van der Waals surface area (Å²) < 4.78 is 14.8. The van der Waals surface area contributed by atoms with Gasteiger partial charge in [-0.15, -0.1) is 0 Å². The third kappa shape index (κ3) is 2.80. The van der Waals surface area contributed by atoms with Crippen molar-refractivity contribution in [2.75, 3.05) is 0 Å². The van der Waals surface area contributed by atoms with Gasteiger partial charge in [0.15, 0.2) is 0 Å². The van der Waals surface area contributed by atoms with Gasteiger partial charge in [-0.05, 0) is 36.6 Å². The van der Waals surface area contributed by atoms with E-state index in [4.69, 9.17) is 11.6 Å². The third-order valence-corrected chi connectivity index (χ3v) is 3.35. The molecule has 0 fully saturated rings. The summed E-state index contributed by atoms with van der Waals surface area (Å²) in [6, 6.07) is 4.31. The molecule has 102 valence electrons. The highest BCUT2D eigenvalue weighted by Crippen LogP contribution is 2.30. The monoisotopic (exact) mass is 282 g/mol. The molecule has 1 atom stereocenters. The predicted molar refractivity (Wildman–Crippen MR) is 72.7 cm³/mol. The summed E-state index contributed by atoms with van der Waals surface area (Å²) in [5.74, 6) is -0.318. The average Bonchev–Trinajstić information content (AvgIpc) is 2.70. The van der Waals surface area contributed by atoms with Gasteiger partial charge in [0.2, 0.25) is 0 Å². The Hall–Kier alpha value is -1.39. The summed E-state index contributed by atoms with van der Waals surface area (Å²) in [6.07, 6.45) is 1.51. The Morgan fingerprint density at radius 1 is 1.47 bits per heavy atom. The number of hydrogen-bond donors (Lipinski definition) is 1. The molecule has 0 saturated carbocycles. The molecule has 3 nitrogen and oxygen atoms in total.